The number of rotatable bonds is 8. The summed E-state index contributed by atoms with van der Waals surface area (Å²) in [6, 6.07) is 22.1. The summed E-state index contributed by atoms with van der Waals surface area (Å²) in [5.41, 5.74) is 11.3. The van der Waals surface area contributed by atoms with Gasteiger partial charge in [-0.1, -0.05) is 123 Å². The lowest BCUT2D eigenvalue weighted by Crippen LogP contribution is -1.87. The molecule has 0 aliphatic heterocycles. The molecule has 0 saturated carbocycles. The third-order valence-corrected chi connectivity index (χ3v) is 18.8. The van der Waals surface area contributed by atoms with Gasteiger partial charge in [0.15, 0.2) is 0 Å². The number of aromatic nitrogens is 10. The number of thiazole rings is 2. The maximum Gasteiger partial charge on any atom is 0.119 e. The van der Waals surface area contributed by atoms with E-state index in [1.165, 1.54) is 93.7 Å². The SMILES string of the molecule is CC(C)c1cc2c(ccc3c(C(C)C)[nH]nc32)s1.CC(C)c1cc2ccc3c(C(C)C)[nH]nc3c2s1.CC(C)c1nc2c(ccc3c(C(C)C)[nH]nc32)s1.CC(C)c1nc2ccc3c(C(C)C)[nH]nc3c2s1. The van der Waals surface area contributed by atoms with E-state index in [9.17, 15) is 0 Å². The van der Waals surface area contributed by atoms with Gasteiger partial charge in [0.1, 0.15) is 27.6 Å². The zero-order valence-electron chi connectivity index (χ0n) is 44.7. The highest BCUT2D eigenvalue weighted by atomic mass is 32.1. The summed E-state index contributed by atoms with van der Waals surface area (Å²) in [7, 11) is 0. The Morgan fingerprint density at radius 1 is 0.333 bits per heavy atom. The number of hydrogen-bond donors (Lipinski definition) is 4. The van der Waals surface area contributed by atoms with E-state index in [0.717, 1.165) is 33.1 Å². The number of fused-ring (bicyclic) bond motifs is 12. The molecule has 376 valence electrons. The Morgan fingerprint density at radius 2 is 0.778 bits per heavy atom. The highest BCUT2D eigenvalue weighted by Gasteiger charge is 2.19. The van der Waals surface area contributed by atoms with Gasteiger partial charge in [-0.3, -0.25) is 20.4 Å². The van der Waals surface area contributed by atoms with Crippen LogP contribution in [0.25, 0.3) is 84.2 Å². The molecule has 0 saturated heterocycles. The molecule has 0 bridgehead atoms. The molecule has 0 radical (unpaired) electrons. The standard InChI is InChI=1S/2C15H18N2S.2C14H17N3S/c1-8(2)13-7-11-12(18-13)6-5-10-14(9(3)4)16-17-15(10)11;1-8(2)12-7-10-5-6-11-13(9(3)4)16-17-14(11)15(10)18-12;1-7(2)11-9-5-6-10-13(12(9)17-16-11)15-14(18-10)8(3)4;1-7(2)11-9-5-6-10-13(12(9)17-16-11)18-14(15-10)8(3)4/h2*5-9H,1-4H3,(H,16,17);2*5-8H,1-4H3,(H,16,17). The predicted molar refractivity (Wildman–Crippen MR) is 314 cm³/mol. The quantitative estimate of drug-likeness (QED) is 0.119. The van der Waals surface area contributed by atoms with Gasteiger partial charge in [-0.15, -0.1) is 45.3 Å². The van der Waals surface area contributed by atoms with Crippen LogP contribution in [0.1, 0.15) is 201 Å². The molecule has 0 aliphatic rings. The molecule has 12 aromatic rings. The Kier molecular flexibility index (Phi) is 14.8. The van der Waals surface area contributed by atoms with Crippen LogP contribution < -0.4 is 0 Å². The first-order valence-electron chi connectivity index (χ1n) is 25.7. The molecule has 4 N–H and O–H groups in total. The second-order valence-electron chi connectivity index (χ2n) is 21.6. The summed E-state index contributed by atoms with van der Waals surface area (Å²) < 4.78 is 5.10. The second-order valence-corrected chi connectivity index (χ2v) is 25.9. The number of hydrogen-bond acceptors (Lipinski definition) is 10. The van der Waals surface area contributed by atoms with Gasteiger partial charge in [0.25, 0.3) is 0 Å². The Bertz CT molecular complexity index is 3320. The molecule has 0 unspecified atom stereocenters. The fourth-order valence-electron chi connectivity index (χ4n) is 9.07. The summed E-state index contributed by atoms with van der Waals surface area (Å²) in [6.45, 7) is 35.2. The smallest absolute Gasteiger partial charge is 0.119 e. The van der Waals surface area contributed by atoms with Crippen molar-refractivity contribution in [1.82, 2.24) is 50.8 Å². The zero-order valence-corrected chi connectivity index (χ0v) is 48.0. The van der Waals surface area contributed by atoms with E-state index >= 15 is 0 Å². The van der Waals surface area contributed by atoms with Gasteiger partial charge in [0.2, 0.25) is 0 Å². The normalized spacial score (nSPS) is 12.3. The van der Waals surface area contributed by atoms with Crippen molar-refractivity contribution < 1.29 is 0 Å². The van der Waals surface area contributed by atoms with Crippen LogP contribution in [0.15, 0.2) is 60.7 Å². The largest absolute Gasteiger partial charge is 0.281 e. The van der Waals surface area contributed by atoms with Crippen LogP contribution >= 0.6 is 45.3 Å². The average Bonchev–Trinajstić information content (AvgIpc) is 4.18. The molecule has 0 spiro atoms. The fraction of sp³-hybridized carbons (Fsp3) is 0.414. The highest BCUT2D eigenvalue weighted by molar-refractivity contribution is 7.20. The van der Waals surface area contributed by atoms with Crippen molar-refractivity contribution >= 4 is 130 Å². The molecule has 10 nitrogen and oxygen atoms in total. The van der Waals surface area contributed by atoms with Crippen LogP contribution in [0.3, 0.4) is 0 Å². The van der Waals surface area contributed by atoms with E-state index in [0.29, 0.717) is 47.3 Å². The van der Waals surface area contributed by atoms with Crippen LogP contribution in [0, 0.1) is 0 Å². The Hall–Kier alpha value is -5.54. The van der Waals surface area contributed by atoms with Crippen LogP contribution in [-0.2, 0) is 0 Å². The lowest BCUT2D eigenvalue weighted by Gasteiger charge is -2.00. The minimum absolute atomic E-state index is 0.454. The first-order chi connectivity index (χ1) is 34.3. The molecule has 4 aromatic carbocycles. The molecule has 0 atom stereocenters. The molecule has 0 amide bonds. The molecule has 72 heavy (non-hydrogen) atoms. The lowest BCUT2D eigenvalue weighted by atomic mass is 10.0. The Balaban J connectivity index is 0.000000119. The monoisotopic (exact) mass is 1030 g/mol. The minimum atomic E-state index is 0.454. The van der Waals surface area contributed by atoms with Gasteiger partial charge in [0, 0.05) is 76.0 Å². The summed E-state index contributed by atoms with van der Waals surface area (Å²) >= 11 is 7.30. The van der Waals surface area contributed by atoms with Gasteiger partial charge in [-0.2, -0.15) is 20.4 Å². The maximum absolute atomic E-state index is 4.75. The summed E-state index contributed by atoms with van der Waals surface area (Å²) in [4.78, 5) is 12.3. The molecule has 0 aliphatic carbocycles. The molecule has 12 rings (SSSR count). The molecule has 8 heterocycles. The third kappa shape index (κ3) is 9.84. The van der Waals surface area contributed by atoms with Gasteiger partial charge >= 0.3 is 0 Å². The van der Waals surface area contributed by atoms with Crippen molar-refractivity contribution in [3.8, 4) is 0 Å². The van der Waals surface area contributed by atoms with Gasteiger partial charge in [-0.25, -0.2) is 9.97 Å². The minimum Gasteiger partial charge on any atom is -0.281 e. The van der Waals surface area contributed by atoms with Crippen LogP contribution in [-0.4, -0.2) is 50.8 Å². The summed E-state index contributed by atoms with van der Waals surface area (Å²) in [5.74, 6) is 4.00. The predicted octanol–water partition coefficient (Wildman–Crippen LogP) is 18.9. The number of nitrogens with one attached hydrogen (secondary N) is 4. The molecule has 0 fully saturated rings. The number of thiophene rings is 2. The lowest BCUT2D eigenvalue weighted by molar-refractivity contribution is 0.818. The van der Waals surface area contributed by atoms with Crippen molar-refractivity contribution in [3.05, 3.63) is 103 Å². The first kappa shape index (κ1) is 51.4. The van der Waals surface area contributed by atoms with Crippen molar-refractivity contribution in [2.45, 2.75) is 158 Å². The zero-order chi connectivity index (χ0) is 51.4. The average molecular weight is 1040 g/mol. The van der Waals surface area contributed by atoms with E-state index < -0.39 is 0 Å². The van der Waals surface area contributed by atoms with Crippen molar-refractivity contribution in [2.24, 2.45) is 0 Å². The Morgan fingerprint density at radius 3 is 1.32 bits per heavy atom. The van der Waals surface area contributed by atoms with Crippen LogP contribution in [0.5, 0.6) is 0 Å². The molecule has 14 heteroatoms. The number of aromatic amines is 4. The number of benzene rings is 4. The van der Waals surface area contributed by atoms with E-state index in [2.05, 4.69) is 217 Å². The molecular weight excluding hydrogens is 965 g/mol. The van der Waals surface area contributed by atoms with Gasteiger partial charge < -0.3 is 0 Å². The summed E-state index contributed by atoms with van der Waals surface area (Å²) in [6.07, 6.45) is 0. The van der Waals surface area contributed by atoms with E-state index in [4.69, 9.17) is 4.98 Å². The van der Waals surface area contributed by atoms with Crippen molar-refractivity contribution in [1.29, 1.82) is 0 Å². The van der Waals surface area contributed by atoms with Crippen LogP contribution in [0.4, 0.5) is 0 Å². The Labute approximate surface area is 438 Å². The summed E-state index contributed by atoms with van der Waals surface area (Å²) in [5, 5.41) is 40.7. The van der Waals surface area contributed by atoms with E-state index in [1.54, 1.807) is 22.7 Å². The third-order valence-electron chi connectivity index (χ3n) is 13.2. The maximum atomic E-state index is 4.75. The highest BCUT2D eigenvalue weighted by Crippen LogP contribution is 2.40. The van der Waals surface area contributed by atoms with E-state index in [-0.39, 0.29) is 0 Å². The number of H-pyrrole nitrogens is 4. The van der Waals surface area contributed by atoms with Gasteiger partial charge in [-0.05, 0) is 89.4 Å². The second kappa shape index (κ2) is 20.8. The molecule has 8 aromatic heterocycles. The van der Waals surface area contributed by atoms with Crippen molar-refractivity contribution in [3.63, 3.8) is 0 Å². The van der Waals surface area contributed by atoms with Crippen LogP contribution in [0.2, 0.25) is 0 Å². The fourth-order valence-corrected chi connectivity index (χ4v) is 13.3. The van der Waals surface area contributed by atoms with E-state index in [1.807, 2.05) is 22.7 Å². The van der Waals surface area contributed by atoms with Gasteiger partial charge in [0.05, 0.1) is 29.6 Å². The number of nitrogens with zero attached hydrogens (tertiary/aromatic N) is 6. The first-order valence-corrected chi connectivity index (χ1v) is 28.9. The topological polar surface area (TPSA) is 140 Å². The molecular formula is C58H70N10S4. The van der Waals surface area contributed by atoms with Crippen molar-refractivity contribution in [2.75, 3.05) is 0 Å².